The van der Waals surface area contributed by atoms with Gasteiger partial charge in [-0.2, -0.15) is 19.1 Å². The van der Waals surface area contributed by atoms with Crippen LogP contribution in [-0.2, 0) is 10.3 Å². The summed E-state index contributed by atoms with van der Waals surface area (Å²) in [6, 6.07) is 8.74. The molecule has 0 atom stereocenters. The quantitative estimate of drug-likeness (QED) is 0.468. The van der Waals surface area contributed by atoms with Gasteiger partial charge in [-0.25, -0.2) is 0 Å². The highest BCUT2D eigenvalue weighted by molar-refractivity contribution is 6.02. The van der Waals surface area contributed by atoms with Gasteiger partial charge in [0, 0.05) is 31.2 Å². The molecule has 2 aromatic rings. The molecule has 3 fully saturated rings. The Hall–Kier alpha value is -3.72. The Morgan fingerprint density at radius 1 is 1.18 bits per heavy atom. The topological polar surface area (TPSA) is 136 Å². The van der Waals surface area contributed by atoms with E-state index < -0.39 is 23.7 Å². The third-order valence-corrected chi connectivity index (χ3v) is 7.95. The van der Waals surface area contributed by atoms with Crippen molar-refractivity contribution in [1.82, 2.24) is 14.7 Å². The molecule has 1 aliphatic heterocycles. The maximum atomic E-state index is 12.4. The third-order valence-electron chi connectivity index (χ3n) is 7.95. The van der Waals surface area contributed by atoms with Crippen molar-refractivity contribution in [1.29, 1.82) is 5.26 Å². The normalized spacial score (nSPS) is 24.4. The summed E-state index contributed by atoms with van der Waals surface area (Å²) < 4.78 is 36.9. The van der Waals surface area contributed by atoms with Crippen LogP contribution in [-0.4, -0.2) is 57.8 Å². The Balaban J connectivity index is 1.20. The van der Waals surface area contributed by atoms with Crippen molar-refractivity contribution in [2.75, 3.05) is 18.4 Å². The third kappa shape index (κ3) is 5.83. The van der Waals surface area contributed by atoms with E-state index in [0.717, 1.165) is 25.7 Å². The van der Waals surface area contributed by atoms with Crippen molar-refractivity contribution in [3.8, 4) is 17.6 Å². The number of amides is 2. The van der Waals surface area contributed by atoms with E-state index in [1.165, 1.54) is 12.1 Å². The number of aromatic nitrogens is 2. The number of primary amides is 1. The fourth-order valence-electron chi connectivity index (χ4n) is 5.70. The Labute approximate surface area is 225 Å². The molecule has 0 spiro atoms. The van der Waals surface area contributed by atoms with Crippen molar-refractivity contribution in [2.24, 2.45) is 11.7 Å². The highest BCUT2D eigenvalue weighted by Crippen LogP contribution is 2.42. The van der Waals surface area contributed by atoms with Crippen LogP contribution in [0.2, 0.25) is 0 Å². The molecule has 2 aliphatic carbocycles. The van der Waals surface area contributed by atoms with E-state index in [2.05, 4.69) is 26.1 Å². The maximum Gasteiger partial charge on any atom is 0.387 e. The lowest BCUT2D eigenvalue weighted by Crippen LogP contribution is -2.66. The molecule has 5 rings (SSSR count). The van der Waals surface area contributed by atoms with Crippen molar-refractivity contribution < 1.29 is 27.8 Å². The van der Waals surface area contributed by atoms with Crippen LogP contribution in [0.4, 0.5) is 14.6 Å². The Kier molecular flexibility index (Phi) is 7.20. The van der Waals surface area contributed by atoms with Gasteiger partial charge in [-0.1, -0.05) is 0 Å². The summed E-state index contributed by atoms with van der Waals surface area (Å²) in [5.74, 6) is -0.0690. The van der Waals surface area contributed by atoms with Crippen molar-refractivity contribution in [3.05, 3.63) is 36.0 Å². The van der Waals surface area contributed by atoms with Crippen molar-refractivity contribution in [2.45, 2.75) is 75.7 Å². The van der Waals surface area contributed by atoms with Gasteiger partial charge in [0.25, 0.3) is 5.91 Å². The van der Waals surface area contributed by atoms with E-state index in [-0.39, 0.29) is 35.4 Å². The molecule has 3 N–H and O–H groups in total. The highest BCUT2D eigenvalue weighted by atomic mass is 19.3. The number of nitriles is 1. The predicted molar refractivity (Wildman–Crippen MR) is 136 cm³/mol. The lowest BCUT2D eigenvalue weighted by atomic mass is 9.76. The molecule has 2 heterocycles. The second kappa shape index (κ2) is 10.4. The first kappa shape index (κ1) is 26.9. The number of nitrogens with two attached hydrogens (primary N) is 1. The SMILES string of the molecule is CC1(Oc2ccc(OC(F)F)cc2)CN(C2CCC(CC#N)(n3cc(C(N)=O)c(NC(=O)C4CC4)n3)CC2)C1. The largest absolute Gasteiger partial charge is 0.485 e. The average molecular weight is 543 g/mol. The van der Waals surface area contributed by atoms with Gasteiger partial charge in [0.2, 0.25) is 5.91 Å². The standard InChI is InChI=1S/C27H32F2N6O4/c1-26(39-20-6-4-19(5-7-20)38-25(28)29)15-34(16-26)18-8-10-27(11-9-18,12-13-30)35-14-21(22(31)36)23(33-35)32-24(37)17-2-3-17/h4-7,14,17-18,25H,2-3,8-12,15-16H2,1H3,(H2,31,36)(H,32,33,37). The molecule has 2 amide bonds. The molecule has 0 radical (unpaired) electrons. The number of carbonyl (C=O) groups excluding carboxylic acids is 2. The Morgan fingerprint density at radius 2 is 1.82 bits per heavy atom. The van der Waals surface area contributed by atoms with E-state index in [4.69, 9.17) is 10.5 Å². The molecular weight excluding hydrogens is 510 g/mol. The molecular formula is C27H32F2N6O4. The molecule has 0 bridgehead atoms. The van der Waals surface area contributed by atoms with Gasteiger partial charge in [-0.05, 0) is 69.7 Å². The Morgan fingerprint density at radius 3 is 2.38 bits per heavy atom. The summed E-state index contributed by atoms with van der Waals surface area (Å²) in [5, 5.41) is 16.9. The summed E-state index contributed by atoms with van der Waals surface area (Å²) in [6.45, 7) is 0.569. The van der Waals surface area contributed by atoms with Gasteiger partial charge < -0.3 is 20.5 Å². The zero-order valence-corrected chi connectivity index (χ0v) is 21.7. The monoisotopic (exact) mass is 542 g/mol. The number of ether oxygens (including phenoxy) is 2. The molecule has 10 nitrogen and oxygen atoms in total. The molecule has 3 aliphatic rings. The molecule has 1 aromatic carbocycles. The van der Waals surface area contributed by atoms with E-state index in [1.54, 1.807) is 23.0 Å². The number of anilines is 1. The minimum absolute atomic E-state index is 0.0514. The number of nitrogens with one attached hydrogen (secondary N) is 1. The number of halogens is 2. The number of nitrogens with zero attached hydrogens (tertiary/aromatic N) is 4. The second-order valence-corrected chi connectivity index (χ2v) is 11.1. The maximum absolute atomic E-state index is 12.4. The number of hydrogen-bond acceptors (Lipinski definition) is 7. The van der Waals surface area contributed by atoms with Crippen LogP contribution in [0, 0.1) is 17.2 Å². The number of likely N-dealkylation sites (tertiary alicyclic amines) is 1. The second-order valence-electron chi connectivity index (χ2n) is 11.1. The average Bonchev–Trinajstić information content (AvgIpc) is 3.64. The first-order valence-electron chi connectivity index (χ1n) is 13.2. The number of hydrogen-bond donors (Lipinski definition) is 2. The van der Waals surface area contributed by atoms with Gasteiger partial charge >= 0.3 is 6.61 Å². The van der Waals surface area contributed by atoms with Crippen LogP contribution in [0.15, 0.2) is 30.5 Å². The molecule has 0 unspecified atom stereocenters. The highest BCUT2D eigenvalue weighted by Gasteiger charge is 2.47. The number of carbonyl (C=O) groups is 2. The zero-order valence-electron chi connectivity index (χ0n) is 21.7. The summed E-state index contributed by atoms with van der Waals surface area (Å²) in [5.41, 5.74) is 4.72. The fourth-order valence-corrected chi connectivity index (χ4v) is 5.70. The molecule has 39 heavy (non-hydrogen) atoms. The van der Waals surface area contributed by atoms with E-state index in [0.29, 0.717) is 37.7 Å². The summed E-state index contributed by atoms with van der Waals surface area (Å²) >= 11 is 0. The number of rotatable bonds is 10. The summed E-state index contributed by atoms with van der Waals surface area (Å²) in [7, 11) is 0. The summed E-state index contributed by atoms with van der Waals surface area (Å²) in [4.78, 5) is 26.7. The molecule has 2 saturated carbocycles. The van der Waals surface area contributed by atoms with Gasteiger partial charge in [-0.15, -0.1) is 0 Å². The fraction of sp³-hybridized carbons (Fsp3) is 0.556. The van der Waals surface area contributed by atoms with Gasteiger partial charge in [0.1, 0.15) is 22.7 Å². The number of benzene rings is 1. The van der Waals surface area contributed by atoms with E-state index in [9.17, 15) is 23.6 Å². The summed E-state index contributed by atoms with van der Waals surface area (Å²) in [6.07, 6.45) is 6.44. The molecule has 1 aromatic heterocycles. The molecule has 208 valence electrons. The molecule has 1 saturated heterocycles. The van der Waals surface area contributed by atoms with Crippen LogP contribution >= 0.6 is 0 Å². The lowest BCUT2D eigenvalue weighted by Gasteiger charge is -2.53. The number of alkyl halides is 2. The van der Waals surface area contributed by atoms with Crippen LogP contribution in [0.5, 0.6) is 11.5 Å². The van der Waals surface area contributed by atoms with E-state index >= 15 is 0 Å². The van der Waals surface area contributed by atoms with Crippen molar-refractivity contribution in [3.63, 3.8) is 0 Å². The minimum Gasteiger partial charge on any atom is -0.485 e. The smallest absolute Gasteiger partial charge is 0.387 e. The first-order chi connectivity index (χ1) is 18.6. The predicted octanol–water partition coefficient (Wildman–Crippen LogP) is 3.64. The minimum atomic E-state index is -2.87. The van der Waals surface area contributed by atoms with Crippen LogP contribution in [0.1, 0.15) is 62.2 Å². The Bertz CT molecular complexity index is 1260. The van der Waals surface area contributed by atoms with E-state index in [1.807, 2.05) is 6.92 Å². The van der Waals surface area contributed by atoms with Crippen LogP contribution < -0.4 is 20.5 Å². The molecule has 12 heteroatoms. The van der Waals surface area contributed by atoms with Gasteiger partial charge in [0.15, 0.2) is 5.82 Å². The van der Waals surface area contributed by atoms with Crippen LogP contribution in [0.3, 0.4) is 0 Å². The van der Waals surface area contributed by atoms with Crippen molar-refractivity contribution >= 4 is 17.6 Å². The van der Waals surface area contributed by atoms with Gasteiger partial charge in [-0.3, -0.25) is 19.2 Å². The lowest BCUT2D eigenvalue weighted by molar-refractivity contribution is -0.117. The zero-order chi connectivity index (χ0) is 27.8. The van der Waals surface area contributed by atoms with Gasteiger partial charge in [0.05, 0.1) is 18.0 Å². The van der Waals surface area contributed by atoms with Crippen LogP contribution in [0.25, 0.3) is 0 Å². The first-order valence-corrected chi connectivity index (χ1v) is 13.2.